The van der Waals surface area contributed by atoms with Gasteiger partial charge in [0.05, 0.1) is 23.0 Å². The van der Waals surface area contributed by atoms with Gasteiger partial charge in [-0.05, 0) is 57.4 Å². The number of hydrogen-bond acceptors (Lipinski definition) is 7. The molecule has 0 saturated carbocycles. The smallest absolute Gasteiger partial charge is 0.406 e. The molecule has 0 bridgehead atoms. The second kappa shape index (κ2) is 8.64. The summed E-state index contributed by atoms with van der Waals surface area (Å²) in [4.78, 5) is 25.3. The molecule has 0 aliphatic carbocycles. The van der Waals surface area contributed by atoms with Crippen LogP contribution in [0.5, 0.6) is 5.75 Å². The molecule has 4 rings (SSSR count). The van der Waals surface area contributed by atoms with Crippen LogP contribution in [0.1, 0.15) is 31.5 Å². The first-order chi connectivity index (χ1) is 15.2. The highest BCUT2D eigenvalue weighted by Gasteiger charge is 2.18. The van der Waals surface area contributed by atoms with Gasteiger partial charge in [-0.2, -0.15) is 0 Å². The van der Waals surface area contributed by atoms with Crippen molar-refractivity contribution >= 4 is 28.3 Å². The largest absolute Gasteiger partial charge is 0.432 e. The van der Waals surface area contributed by atoms with Crippen LogP contribution in [0.2, 0.25) is 0 Å². The maximum absolute atomic E-state index is 13.8. The molecule has 0 spiro atoms. The molecule has 3 heterocycles. The zero-order valence-electron chi connectivity index (χ0n) is 17.8. The van der Waals surface area contributed by atoms with Gasteiger partial charge in [-0.1, -0.05) is 0 Å². The zero-order chi connectivity index (χ0) is 22.9. The van der Waals surface area contributed by atoms with E-state index in [1.807, 2.05) is 5.38 Å². The first kappa shape index (κ1) is 21.8. The van der Waals surface area contributed by atoms with Gasteiger partial charge < -0.3 is 9.84 Å². The summed E-state index contributed by atoms with van der Waals surface area (Å²) in [6.45, 7) is 5.14. The van der Waals surface area contributed by atoms with E-state index in [1.165, 1.54) is 34.3 Å². The van der Waals surface area contributed by atoms with E-state index in [4.69, 9.17) is 4.74 Å². The molecule has 0 aliphatic rings. The van der Waals surface area contributed by atoms with Crippen LogP contribution >= 0.6 is 11.3 Å². The molecule has 0 aliphatic heterocycles. The summed E-state index contributed by atoms with van der Waals surface area (Å²) in [6.07, 6.45) is 5.05. The SMILES string of the molecule is Cc1nc(-c2nccs2)ncc1OC(=O)Nn1cc(CCC(C)(C)O)c2cc(F)ccc21. The number of fused-ring (bicyclic) bond motifs is 1. The number of halogens is 1. The second-order valence-corrected chi connectivity index (χ2v) is 8.87. The third kappa shape index (κ3) is 4.92. The van der Waals surface area contributed by atoms with E-state index in [2.05, 4.69) is 20.4 Å². The van der Waals surface area contributed by atoms with Gasteiger partial charge in [-0.3, -0.25) is 4.68 Å². The quantitative estimate of drug-likeness (QED) is 0.445. The molecule has 2 N–H and O–H groups in total. The van der Waals surface area contributed by atoms with Gasteiger partial charge in [0.15, 0.2) is 16.6 Å². The van der Waals surface area contributed by atoms with Crippen LogP contribution in [-0.4, -0.2) is 36.4 Å². The number of aliphatic hydroxyl groups is 1. The molecule has 1 amide bonds. The number of carbonyl (C=O) groups excluding carboxylic acids is 1. The summed E-state index contributed by atoms with van der Waals surface area (Å²) in [5.74, 6) is 0.295. The fraction of sp³-hybridized carbons (Fsp3) is 0.273. The van der Waals surface area contributed by atoms with Crippen molar-refractivity contribution < 1.29 is 19.0 Å². The van der Waals surface area contributed by atoms with Gasteiger partial charge >= 0.3 is 6.09 Å². The monoisotopic (exact) mass is 455 g/mol. The number of aromatic nitrogens is 4. The Morgan fingerprint density at radius 1 is 1.34 bits per heavy atom. The molecule has 3 aromatic heterocycles. The Morgan fingerprint density at radius 2 is 2.16 bits per heavy atom. The molecule has 10 heteroatoms. The van der Waals surface area contributed by atoms with E-state index in [0.717, 1.165) is 5.56 Å². The van der Waals surface area contributed by atoms with E-state index in [9.17, 15) is 14.3 Å². The van der Waals surface area contributed by atoms with Crippen LogP contribution in [-0.2, 0) is 6.42 Å². The molecule has 32 heavy (non-hydrogen) atoms. The Hall–Kier alpha value is -3.37. The zero-order valence-corrected chi connectivity index (χ0v) is 18.6. The van der Waals surface area contributed by atoms with Gasteiger partial charge in [0.1, 0.15) is 5.82 Å². The lowest BCUT2D eigenvalue weighted by Crippen LogP contribution is -2.25. The Kier molecular flexibility index (Phi) is 5.90. The number of hydrogen-bond donors (Lipinski definition) is 2. The van der Waals surface area contributed by atoms with Crippen LogP contribution in [0, 0.1) is 12.7 Å². The molecule has 4 aromatic rings. The van der Waals surface area contributed by atoms with Gasteiger partial charge in [-0.25, -0.2) is 29.6 Å². The van der Waals surface area contributed by atoms with E-state index in [-0.39, 0.29) is 11.6 Å². The Morgan fingerprint density at radius 3 is 2.84 bits per heavy atom. The van der Waals surface area contributed by atoms with Crippen molar-refractivity contribution in [1.82, 2.24) is 19.6 Å². The van der Waals surface area contributed by atoms with Crippen molar-refractivity contribution in [3.05, 3.63) is 59.2 Å². The van der Waals surface area contributed by atoms with Crippen molar-refractivity contribution in [3.8, 4) is 16.6 Å². The number of aryl methyl sites for hydroxylation is 2. The summed E-state index contributed by atoms with van der Waals surface area (Å²) in [5.41, 5.74) is 3.68. The molecule has 0 radical (unpaired) electrons. The lowest BCUT2D eigenvalue weighted by Gasteiger charge is -2.16. The minimum absolute atomic E-state index is 0.215. The molecule has 0 unspecified atom stereocenters. The number of carbonyl (C=O) groups is 1. The number of nitrogens with zero attached hydrogens (tertiary/aromatic N) is 4. The van der Waals surface area contributed by atoms with Crippen molar-refractivity contribution in [2.24, 2.45) is 0 Å². The molecule has 1 aromatic carbocycles. The highest BCUT2D eigenvalue weighted by Crippen LogP contribution is 2.25. The average molecular weight is 456 g/mol. The lowest BCUT2D eigenvalue weighted by molar-refractivity contribution is 0.0715. The average Bonchev–Trinajstić information content (AvgIpc) is 3.36. The third-order valence-electron chi connectivity index (χ3n) is 4.83. The maximum Gasteiger partial charge on any atom is 0.432 e. The van der Waals surface area contributed by atoms with E-state index < -0.39 is 11.7 Å². The minimum Gasteiger partial charge on any atom is -0.406 e. The molecule has 0 saturated heterocycles. The van der Waals surface area contributed by atoms with Gasteiger partial charge in [0, 0.05) is 23.2 Å². The summed E-state index contributed by atoms with van der Waals surface area (Å²) >= 11 is 1.41. The molecular formula is C22H22FN5O3S. The Labute approximate surface area is 187 Å². The first-order valence-corrected chi connectivity index (χ1v) is 10.8. The predicted molar refractivity (Wildman–Crippen MR) is 120 cm³/mol. The molecule has 8 nitrogen and oxygen atoms in total. The molecule has 0 atom stereocenters. The number of rotatable bonds is 6. The summed E-state index contributed by atoms with van der Waals surface area (Å²) < 4.78 is 20.7. The number of benzene rings is 1. The van der Waals surface area contributed by atoms with Crippen LogP contribution < -0.4 is 10.2 Å². The third-order valence-corrected chi connectivity index (χ3v) is 5.60. The predicted octanol–water partition coefficient (Wildman–Crippen LogP) is 4.45. The molecule has 166 valence electrons. The fourth-order valence-electron chi connectivity index (χ4n) is 3.22. The van der Waals surface area contributed by atoms with E-state index >= 15 is 0 Å². The van der Waals surface area contributed by atoms with Crippen molar-refractivity contribution in [3.63, 3.8) is 0 Å². The first-order valence-electron chi connectivity index (χ1n) is 9.94. The summed E-state index contributed by atoms with van der Waals surface area (Å²) in [6, 6.07) is 4.31. The van der Waals surface area contributed by atoms with Crippen LogP contribution in [0.4, 0.5) is 9.18 Å². The fourth-order valence-corrected chi connectivity index (χ4v) is 3.79. The summed E-state index contributed by atoms with van der Waals surface area (Å²) in [7, 11) is 0. The van der Waals surface area contributed by atoms with Crippen LogP contribution in [0.25, 0.3) is 21.7 Å². The number of nitrogens with one attached hydrogen (secondary N) is 1. The highest BCUT2D eigenvalue weighted by atomic mass is 32.1. The maximum atomic E-state index is 13.8. The Balaban J connectivity index is 1.53. The summed E-state index contributed by atoms with van der Waals surface area (Å²) in [5, 5.41) is 13.2. The van der Waals surface area contributed by atoms with Gasteiger partial charge in [0.2, 0.25) is 0 Å². The van der Waals surface area contributed by atoms with Crippen LogP contribution in [0.3, 0.4) is 0 Å². The lowest BCUT2D eigenvalue weighted by atomic mass is 9.99. The van der Waals surface area contributed by atoms with E-state index in [1.54, 1.807) is 39.2 Å². The number of thiazole rings is 1. The van der Waals surface area contributed by atoms with E-state index in [0.29, 0.717) is 40.3 Å². The second-order valence-electron chi connectivity index (χ2n) is 7.98. The van der Waals surface area contributed by atoms with Gasteiger partial charge in [0.25, 0.3) is 0 Å². The van der Waals surface area contributed by atoms with Crippen LogP contribution in [0.15, 0.2) is 42.2 Å². The Bertz CT molecular complexity index is 1260. The van der Waals surface area contributed by atoms with Crippen molar-refractivity contribution in [1.29, 1.82) is 0 Å². The van der Waals surface area contributed by atoms with Gasteiger partial charge in [-0.15, -0.1) is 11.3 Å². The van der Waals surface area contributed by atoms with Crippen molar-refractivity contribution in [2.75, 3.05) is 5.43 Å². The highest BCUT2D eigenvalue weighted by molar-refractivity contribution is 7.12. The molecular weight excluding hydrogens is 433 g/mol. The number of amides is 1. The normalized spacial score (nSPS) is 11.7. The minimum atomic E-state index is -0.865. The van der Waals surface area contributed by atoms with Crippen molar-refractivity contribution in [2.45, 2.75) is 39.2 Å². The number of ether oxygens (including phenoxy) is 1. The standard InChI is InChI=1S/C22H22FN5O3S/c1-13-18(11-25-19(26-13)20-24-8-9-32-20)31-21(29)27-28-12-14(6-7-22(2,3)30)16-10-15(23)4-5-17(16)28/h4-5,8-12,30H,6-7H2,1-3H3,(H,27,29). The molecule has 0 fully saturated rings. The topological polar surface area (TPSA) is 102 Å².